The molecule has 144 valence electrons. The van der Waals surface area contributed by atoms with Crippen LogP contribution in [0.1, 0.15) is 44.2 Å². The third kappa shape index (κ3) is 12.2. The summed E-state index contributed by atoms with van der Waals surface area (Å²) in [6.45, 7) is 8.91. The Bertz CT molecular complexity index is 470. The minimum absolute atomic E-state index is 0. The summed E-state index contributed by atoms with van der Waals surface area (Å²) in [5, 5.41) is 6.63. The van der Waals surface area contributed by atoms with Gasteiger partial charge in [0.15, 0.2) is 5.96 Å². The number of hydrogen-bond donors (Lipinski definition) is 2. The monoisotopic (exact) mass is 463 g/mol. The van der Waals surface area contributed by atoms with Crippen LogP contribution in [0, 0.1) is 0 Å². The molecule has 0 amide bonds. The number of halogens is 1. The third-order valence-corrected chi connectivity index (χ3v) is 3.47. The predicted molar refractivity (Wildman–Crippen MR) is 116 cm³/mol. The summed E-state index contributed by atoms with van der Waals surface area (Å²) in [4.78, 5) is 4.64. The van der Waals surface area contributed by atoms with Gasteiger partial charge in [-0.15, -0.1) is 24.0 Å². The highest BCUT2D eigenvalue weighted by atomic mass is 127. The van der Waals surface area contributed by atoms with Gasteiger partial charge in [-0.05, 0) is 30.9 Å². The van der Waals surface area contributed by atoms with Gasteiger partial charge in [-0.3, -0.25) is 0 Å². The number of guanidine groups is 1. The molecule has 0 saturated heterocycles. The molecule has 0 radical (unpaired) electrons. The van der Waals surface area contributed by atoms with Crippen molar-refractivity contribution in [1.82, 2.24) is 10.6 Å². The number of nitrogens with zero attached hydrogens (tertiary/aromatic N) is 1. The number of rotatable bonds is 12. The van der Waals surface area contributed by atoms with Crippen LogP contribution in [0.2, 0.25) is 0 Å². The van der Waals surface area contributed by atoms with Crippen molar-refractivity contribution in [1.29, 1.82) is 0 Å². The van der Waals surface area contributed by atoms with Gasteiger partial charge in [-0.1, -0.05) is 37.6 Å². The number of benzene rings is 1. The lowest BCUT2D eigenvalue weighted by atomic mass is 10.1. The summed E-state index contributed by atoms with van der Waals surface area (Å²) < 4.78 is 10.7. The summed E-state index contributed by atoms with van der Waals surface area (Å²) >= 11 is 0. The van der Waals surface area contributed by atoms with E-state index in [1.54, 1.807) is 7.11 Å². The lowest BCUT2D eigenvalue weighted by Crippen LogP contribution is -2.38. The van der Waals surface area contributed by atoms with E-state index >= 15 is 0 Å². The van der Waals surface area contributed by atoms with E-state index < -0.39 is 0 Å². The van der Waals surface area contributed by atoms with E-state index in [4.69, 9.17) is 9.47 Å². The molecular formula is C19H34IN3O2. The summed E-state index contributed by atoms with van der Waals surface area (Å²) in [5.41, 5.74) is 2.36. The van der Waals surface area contributed by atoms with Gasteiger partial charge in [-0.2, -0.15) is 0 Å². The van der Waals surface area contributed by atoms with Gasteiger partial charge >= 0.3 is 0 Å². The second kappa shape index (κ2) is 16.6. The van der Waals surface area contributed by atoms with E-state index in [0.29, 0.717) is 13.2 Å². The number of hydrogen-bond acceptors (Lipinski definition) is 3. The van der Waals surface area contributed by atoms with Crippen molar-refractivity contribution < 1.29 is 9.47 Å². The predicted octanol–water partition coefficient (Wildman–Crippen LogP) is 3.71. The molecule has 0 unspecified atom stereocenters. The van der Waals surface area contributed by atoms with Gasteiger partial charge in [-0.25, -0.2) is 4.99 Å². The summed E-state index contributed by atoms with van der Waals surface area (Å²) in [5.74, 6) is 0.850. The molecule has 0 heterocycles. The van der Waals surface area contributed by atoms with Crippen LogP contribution in [0.25, 0.3) is 0 Å². The van der Waals surface area contributed by atoms with Crippen LogP contribution in [-0.2, 0) is 22.6 Å². The Kier molecular flexibility index (Phi) is 16.0. The van der Waals surface area contributed by atoms with Crippen LogP contribution >= 0.6 is 24.0 Å². The fourth-order valence-corrected chi connectivity index (χ4v) is 2.23. The lowest BCUT2D eigenvalue weighted by Gasteiger charge is -2.11. The SMILES string of the molecule is CCCCOCCCNC(=NCc1cccc(COC)c1)NCC.I. The molecule has 0 aromatic heterocycles. The standard InChI is InChI=1S/C19H33N3O2.HI/c1-4-6-12-24-13-8-11-21-19(20-5-2)22-15-17-9-7-10-18(14-17)16-23-3;/h7,9-10,14H,4-6,8,11-13,15-16H2,1-3H3,(H2,20,21,22);1H. The zero-order valence-corrected chi connectivity index (χ0v) is 18.2. The molecule has 0 bridgehead atoms. The normalized spacial score (nSPS) is 11.1. The first-order valence-electron chi connectivity index (χ1n) is 8.96. The maximum Gasteiger partial charge on any atom is 0.191 e. The van der Waals surface area contributed by atoms with Crippen LogP contribution in [0.15, 0.2) is 29.3 Å². The number of ether oxygens (including phenoxy) is 2. The minimum Gasteiger partial charge on any atom is -0.381 e. The molecule has 5 nitrogen and oxygen atoms in total. The van der Waals surface area contributed by atoms with Crippen molar-refractivity contribution in [2.45, 2.75) is 46.3 Å². The largest absolute Gasteiger partial charge is 0.381 e. The molecule has 0 aliphatic carbocycles. The molecule has 0 aliphatic rings. The molecule has 1 aromatic carbocycles. The highest BCUT2D eigenvalue weighted by Gasteiger charge is 1.99. The third-order valence-electron chi connectivity index (χ3n) is 3.47. The Morgan fingerprint density at radius 3 is 2.56 bits per heavy atom. The zero-order chi connectivity index (χ0) is 17.5. The average molecular weight is 463 g/mol. The molecule has 0 atom stereocenters. The Morgan fingerprint density at radius 2 is 1.84 bits per heavy atom. The van der Waals surface area contributed by atoms with Crippen LogP contribution in [0.5, 0.6) is 0 Å². The first kappa shape index (κ1) is 24.1. The highest BCUT2D eigenvalue weighted by molar-refractivity contribution is 14.0. The van der Waals surface area contributed by atoms with Gasteiger partial charge in [0.05, 0.1) is 13.2 Å². The second-order valence-corrected chi connectivity index (χ2v) is 5.69. The van der Waals surface area contributed by atoms with Crippen LogP contribution in [0.3, 0.4) is 0 Å². The first-order chi connectivity index (χ1) is 11.8. The molecule has 25 heavy (non-hydrogen) atoms. The Morgan fingerprint density at radius 1 is 1.08 bits per heavy atom. The van der Waals surface area contributed by atoms with Crippen LogP contribution < -0.4 is 10.6 Å². The van der Waals surface area contributed by atoms with E-state index in [1.807, 2.05) is 6.07 Å². The van der Waals surface area contributed by atoms with Crippen molar-refractivity contribution >= 4 is 29.9 Å². The highest BCUT2D eigenvalue weighted by Crippen LogP contribution is 2.07. The zero-order valence-electron chi connectivity index (χ0n) is 15.8. The van der Waals surface area contributed by atoms with Crippen molar-refractivity contribution in [2.75, 3.05) is 33.4 Å². The molecule has 0 saturated carbocycles. The van der Waals surface area contributed by atoms with Gasteiger partial charge in [0.25, 0.3) is 0 Å². The molecule has 0 aliphatic heterocycles. The fourth-order valence-electron chi connectivity index (χ4n) is 2.23. The molecular weight excluding hydrogens is 429 g/mol. The lowest BCUT2D eigenvalue weighted by molar-refractivity contribution is 0.129. The summed E-state index contributed by atoms with van der Waals surface area (Å²) in [6.07, 6.45) is 3.30. The molecule has 0 spiro atoms. The topological polar surface area (TPSA) is 54.9 Å². The van der Waals surface area contributed by atoms with Gasteiger partial charge in [0.1, 0.15) is 0 Å². The number of nitrogens with one attached hydrogen (secondary N) is 2. The minimum atomic E-state index is 0. The molecule has 1 rings (SSSR count). The smallest absolute Gasteiger partial charge is 0.191 e. The van der Waals surface area contributed by atoms with Gasteiger partial charge < -0.3 is 20.1 Å². The quantitative estimate of drug-likeness (QED) is 0.215. The molecule has 1 aromatic rings. The van der Waals surface area contributed by atoms with Crippen molar-refractivity contribution in [2.24, 2.45) is 4.99 Å². The molecule has 2 N–H and O–H groups in total. The van der Waals surface area contributed by atoms with E-state index in [1.165, 1.54) is 17.5 Å². The van der Waals surface area contributed by atoms with E-state index in [2.05, 4.69) is 47.7 Å². The van der Waals surface area contributed by atoms with Gasteiger partial charge in [0, 0.05) is 33.4 Å². The Balaban J connectivity index is 0.00000576. The van der Waals surface area contributed by atoms with E-state index in [-0.39, 0.29) is 24.0 Å². The van der Waals surface area contributed by atoms with Crippen molar-refractivity contribution in [3.05, 3.63) is 35.4 Å². The Hall–Kier alpha value is -0.860. The summed E-state index contributed by atoms with van der Waals surface area (Å²) in [7, 11) is 1.71. The van der Waals surface area contributed by atoms with Crippen molar-refractivity contribution in [3.8, 4) is 0 Å². The van der Waals surface area contributed by atoms with Crippen LogP contribution in [-0.4, -0.2) is 39.4 Å². The number of unbranched alkanes of at least 4 members (excludes halogenated alkanes) is 1. The van der Waals surface area contributed by atoms with Crippen LogP contribution in [0.4, 0.5) is 0 Å². The van der Waals surface area contributed by atoms with E-state index in [9.17, 15) is 0 Å². The number of methoxy groups -OCH3 is 1. The Labute approximate surface area is 170 Å². The average Bonchev–Trinajstić information content (AvgIpc) is 2.59. The maximum absolute atomic E-state index is 5.57. The molecule has 0 fully saturated rings. The van der Waals surface area contributed by atoms with E-state index in [0.717, 1.165) is 45.1 Å². The maximum atomic E-state index is 5.57. The van der Waals surface area contributed by atoms with Crippen molar-refractivity contribution in [3.63, 3.8) is 0 Å². The fraction of sp³-hybridized carbons (Fsp3) is 0.632. The summed E-state index contributed by atoms with van der Waals surface area (Å²) in [6, 6.07) is 8.35. The van der Waals surface area contributed by atoms with Gasteiger partial charge in [0.2, 0.25) is 0 Å². The first-order valence-corrected chi connectivity index (χ1v) is 8.96. The number of aliphatic imine (C=N–C) groups is 1. The molecule has 6 heteroatoms. The second-order valence-electron chi connectivity index (χ2n) is 5.69.